The van der Waals surface area contributed by atoms with E-state index in [9.17, 15) is 0 Å². The SMILES string of the molecule is Cc1c(NC2NCCN2)ccc2nccnc12. The van der Waals surface area contributed by atoms with Crippen LogP contribution in [0.4, 0.5) is 5.69 Å². The molecule has 2 heterocycles. The van der Waals surface area contributed by atoms with Gasteiger partial charge in [0.2, 0.25) is 0 Å². The first-order chi connectivity index (χ1) is 8.34. The predicted octanol–water partition coefficient (Wildman–Crippen LogP) is 0.827. The van der Waals surface area contributed by atoms with Crippen LogP contribution in [0.3, 0.4) is 0 Å². The lowest BCUT2D eigenvalue weighted by molar-refractivity contribution is 0.620. The fourth-order valence-electron chi connectivity index (χ4n) is 2.09. The Morgan fingerprint density at radius 1 is 1.18 bits per heavy atom. The van der Waals surface area contributed by atoms with Gasteiger partial charge >= 0.3 is 0 Å². The zero-order chi connectivity index (χ0) is 11.7. The van der Waals surface area contributed by atoms with Gasteiger partial charge in [0.15, 0.2) is 0 Å². The van der Waals surface area contributed by atoms with Gasteiger partial charge < -0.3 is 5.32 Å². The highest BCUT2D eigenvalue weighted by molar-refractivity contribution is 5.83. The summed E-state index contributed by atoms with van der Waals surface area (Å²) in [6, 6.07) is 4.04. The summed E-state index contributed by atoms with van der Waals surface area (Å²) in [6.07, 6.45) is 3.59. The number of nitrogens with one attached hydrogen (secondary N) is 3. The third kappa shape index (κ3) is 1.94. The van der Waals surface area contributed by atoms with Crippen LogP contribution in [0.25, 0.3) is 11.0 Å². The van der Waals surface area contributed by atoms with Crippen LogP contribution in [0.1, 0.15) is 5.56 Å². The third-order valence-electron chi connectivity index (χ3n) is 3.02. The normalized spacial score (nSPS) is 16.5. The summed E-state index contributed by atoms with van der Waals surface area (Å²) in [5, 5.41) is 10.1. The summed E-state index contributed by atoms with van der Waals surface area (Å²) in [5.41, 5.74) is 4.11. The molecular formula is C12H15N5. The minimum absolute atomic E-state index is 0.142. The van der Waals surface area contributed by atoms with Gasteiger partial charge in [-0.3, -0.25) is 20.6 Å². The smallest absolute Gasteiger partial charge is 0.132 e. The molecule has 3 rings (SSSR count). The zero-order valence-electron chi connectivity index (χ0n) is 9.70. The Morgan fingerprint density at radius 2 is 1.94 bits per heavy atom. The van der Waals surface area contributed by atoms with Crippen molar-refractivity contribution in [2.75, 3.05) is 18.4 Å². The molecule has 1 aromatic heterocycles. The first-order valence-electron chi connectivity index (χ1n) is 5.78. The third-order valence-corrected chi connectivity index (χ3v) is 3.02. The number of rotatable bonds is 2. The van der Waals surface area contributed by atoms with Crippen molar-refractivity contribution < 1.29 is 0 Å². The molecule has 2 aromatic rings. The Labute approximate surface area is 99.7 Å². The molecule has 1 saturated heterocycles. The van der Waals surface area contributed by atoms with Gasteiger partial charge in [-0.25, -0.2) is 0 Å². The molecular weight excluding hydrogens is 214 g/mol. The highest BCUT2D eigenvalue weighted by Gasteiger charge is 2.14. The molecule has 3 N–H and O–H groups in total. The summed E-state index contributed by atoms with van der Waals surface area (Å²) in [6.45, 7) is 4.04. The molecule has 0 aliphatic carbocycles. The van der Waals surface area contributed by atoms with Crippen molar-refractivity contribution in [3.05, 3.63) is 30.1 Å². The van der Waals surface area contributed by atoms with Crippen LogP contribution in [-0.4, -0.2) is 29.3 Å². The van der Waals surface area contributed by atoms with E-state index in [1.165, 1.54) is 0 Å². The van der Waals surface area contributed by atoms with E-state index in [4.69, 9.17) is 0 Å². The Hall–Kier alpha value is -1.72. The van der Waals surface area contributed by atoms with Gasteiger partial charge in [-0.1, -0.05) is 0 Å². The van der Waals surface area contributed by atoms with Crippen LogP contribution < -0.4 is 16.0 Å². The van der Waals surface area contributed by atoms with Crippen molar-refractivity contribution in [2.45, 2.75) is 13.2 Å². The average molecular weight is 229 g/mol. The maximum absolute atomic E-state index is 4.37. The van der Waals surface area contributed by atoms with Crippen LogP contribution in [-0.2, 0) is 0 Å². The molecule has 0 radical (unpaired) electrons. The molecule has 88 valence electrons. The van der Waals surface area contributed by atoms with Crippen molar-refractivity contribution in [1.82, 2.24) is 20.6 Å². The van der Waals surface area contributed by atoms with Crippen LogP contribution in [0.2, 0.25) is 0 Å². The lowest BCUT2D eigenvalue weighted by Crippen LogP contribution is -2.38. The van der Waals surface area contributed by atoms with Crippen molar-refractivity contribution in [3.8, 4) is 0 Å². The number of hydrogen-bond acceptors (Lipinski definition) is 5. The second-order valence-corrected chi connectivity index (χ2v) is 4.15. The van der Waals surface area contributed by atoms with Gasteiger partial charge in [0.25, 0.3) is 0 Å². The molecule has 5 nitrogen and oxygen atoms in total. The van der Waals surface area contributed by atoms with Gasteiger partial charge in [0, 0.05) is 36.7 Å². The van der Waals surface area contributed by atoms with E-state index in [-0.39, 0.29) is 6.29 Å². The maximum atomic E-state index is 4.37. The molecule has 5 heteroatoms. The van der Waals surface area contributed by atoms with Gasteiger partial charge in [-0.2, -0.15) is 0 Å². The number of aryl methyl sites for hydroxylation is 1. The molecule has 0 saturated carbocycles. The molecule has 0 atom stereocenters. The number of hydrogen-bond donors (Lipinski definition) is 3. The van der Waals surface area contributed by atoms with Crippen molar-refractivity contribution in [2.24, 2.45) is 0 Å². The monoisotopic (exact) mass is 229 g/mol. The lowest BCUT2D eigenvalue weighted by Gasteiger charge is -2.17. The first kappa shape index (κ1) is 10.4. The molecule has 0 unspecified atom stereocenters. The van der Waals surface area contributed by atoms with E-state index < -0.39 is 0 Å². The second kappa shape index (κ2) is 4.27. The van der Waals surface area contributed by atoms with Crippen LogP contribution in [0, 0.1) is 6.92 Å². The minimum Gasteiger partial charge on any atom is -0.357 e. The Kier molecular flexibility index (Phi) is 2.62. The number of fused-ring (bicyclic) bond motifs is 1. The van der Waals surface area contributed by atoms with E-state index in [1.807, 2.05) is 12.1 Å². The molecule has 1 aliphatic rings. The van der Waals surface area contributed by atoms with Gasteiger partial charge in [0.1, 0.15) is 6.29 Å². The van der Waals surface area contributed by atoms with Crippen molar-refractivity contribution >= 4 is 16.7 Å². The van der Waals surface area contributed by atoms with E-state index in [0.717, 1.165) is 35.4 Å². The highest BCUT2D eigenvalue weighted by atomic mass is 15.3. The molecule has 0 bridgehead atoms. The van der Waals surface area contributed by atoms with E-state index in [1.54, 1.807) is 12.4 Å². The van der Waals surface area contributed by atoms with Crippen LogP contribution in [0.5, 0.6) is 0 Å². The number of nitrogens with zero attached hydrogens (tertiary/aromatic N) is 2. The second-order valence-electron chi connectivity index (χ2n) is 4.15. The predicted molar refractivity (Wildman–Crippen MR) is 67.7 cm³/mol. The zero-order valence-corrected chi connectivity index (χ0v) is 9.70. The van der Waals surface area contributed by atoms with Gasteiger partial charge in [-0.05, 0) is 19.1 Å². The topological polar surface area (TPSA) is 61.9 Å². The van der Waals surface area contributed by atoms with Crippen molar-refractivity contribution in [3.63, 3.8) is 0 Å². The fraction of sp³-hybridized carbons (Fsp3) is 0.333. The molecule has 1 aliphatic heterocycles. The summed E-state index contributed by atoms with van der Waals surface area (Å²) >= 11 is 0. The Balaban J connectivity index is 1.96. The Bertz CT molecular complexity index is 533. The number of anilines is 1. The molecule has 1 aromatic carbocycles. The van der Waals surface area contributed by atoms with Crippen LogP contribution >= 0.6 is 0 Å². The van der Waals surface area contributed by atoms with E-state index in [2.05, 4.69) is 32.8 Å². The summed E-state index contributed by atoms with van der Waals surface area (Å²) < 4.78 is 0. The minimum atomic E-state index is 0.142. The maximum Gasteiger partial charge on any atom is 0.132 e. The average Bonchev–Trinajstić information content (AvgIpc) is 2.86. The summed E-state index contributed by atoms with van der Waals surface area (Å²) in [7, 11) is 0. The summed E-state index contributed by atoms with van der Waals surface area (Å²) in [5.74, 6) is 0. The highest BCUT2D eigenvalue weighted by Crippen LogP contribution is 2.22. The number of benzene rings is 1. The molecule has 0 amide bonds. The first-order valence-corrected chi connectivity index (χ1v) is 5.78. The van der Waals surface area contributed by atoms with Crippen molar-refractivity contribution in [1.29, 1.82) is 0 Å². The van der Waals surface area contributed by atoms with Gasteiger partial charge in [-0.15, -0.1) is 0 Å². The molecule has 1 fully saturated rings. The largest absolute Gasteiger partial charge is 0.357 e. The van der Waals surface area contributed by atoms with Gasteiger partial charge in [0.05, 0.1) is 11.0 Å². The van der Waals surface area contributed by atoms with E-state index >= 15 is 0 Å². The van der Waals surface area contributed by atoms with E-state index in [0.29, 0.717) is 0 Å². The number of aromatic nitrogens is 2. The Morgan fingerprint density at radius 3 is 2.76 bits per heavy atom. The fourth-order valence-corrected chi connectivity index (χ4v) is 2.09. The lowest BCUT2D eigenvalue weighted by atomic mass is 10.1. The van der Waals surface area contributed by atoms with Crippen LogP contribution in [0.15, 0.2) is 24.5 Å². The summed E-state index contributed by atoms with van der Waals surface area (Å²) in [4.78, 5) is 8.67. The molecule has 17 heavy (non-hydrogen) atoms. The standard InChI is InChI=1S/C12H15N5/c1-8-9(17-12-15-6-7-16-12)2-3-10-11(8)14-5-4-13-10/h2-5,12,15-17H,6-7H2,1H3. The quantitative estimate of drug-likeness (QED) is 0.712. The molecule has 0 spiro atoms.